The van der Waals surface area contributed by atoms with Gasteiger partial charge in [-0.1, -0.05) is 0 Å². The van der Waals surface area contributed by atoms with Crippen molar-refractivity contribution >= 4 is 11.9 Å². The van der Waals surface area contributed by atoms with Gasteiger partial charge in [-0.25, -0.2) is 0 Å². The highest BCUT2D eigenvalue weighted by atomic mass is 16.5. The second-order valence-corrected chi connectivity index (χ2v) is 3.36. The number of aryl methyl sites for hydroxylation is 1. The maximum Gasteiger partial charge on any atom is 0.301 e. The fraction of sp³-hybridized carbons (Fsp3) is 0.556. The molecule has 82 valence electrons. The summed E-state index contributed by atoms with van der Waals surface area (Å²) in [5, 5.41) is 5.61. The van der Waals surface area contributed by atoms with E-state index in [1.165, 1.54) is 6.26 Å². The number of morpholine rings is 1. The number of hydrogen-bond acceptors (Lipinski definition) is 5. The van der Waals surface area contributed by atoms with Crippen LogP contribution in [0.3, 0.4) is 0 Å². The summed E-state index contributed by atoms with van der Waals surface area (Å²) >= 11 is 0. The molecule has 1 aliphatic rings. The molecule has 1 amide bonds. The lowest BCUT2D eigenvalue weighted by Crippen LogP contribution is -2.48. The van der Waals surface area contributed by atoms with Gasteiger partial charge in [0.05, 0.1) is 18.9 Å². The summed E-state index contributed by atoms with van der Waals surface area (Å²) in [7, 11) is 0. The number of hydrogen-bond donors (Lipinski definition) is 2. The number of carbonyl (C=O) groups excluding carboxylic acids is 1. The van der Waals surface area contributed by atoms with Crippen molar-refractivity contribution in [1.29, 1.82) is 0 Å². The van der Waals surface area contributed by atoms with E-state index in [1.807, 2.05) is 0 Å². The quantitative estimate of drug-likeness (QED) is 0.715. The molecule has 0 spiro atoms. The van der Waals surface area contributed by atoms with Crippen molar-refractivity contribution in [3.63, 3.8) is 0 Å². The Labute approximate surface area is 87.0 Å². The molecule has 2 N–H and O–H groups in total. The zero-order valence-electron chi connectivity index (χ0n) is 8.45. The SMILES string of the molecule is Cc1coc(NC(=O)C2COCCN2)n1. The Hall–Kier alpha value is -1.40. The van der Waals surface area contributed by atoms with Crippen LogP contribution in [0.4, 0.5) is 6.01 Å². The van der Waals surface area contributed by atoms with Crippen molar-refractivity contribution in [2.45, 2.75) is 13.0 Å². The molecule has 1 aromatic rings. The number of rotatable bonds is 2. The van der Waals surface area contributed by atoms with E-state index in [4.69, 9.17) is 9.15 Å². The number of carbonyl (C=O) groups is 1. The van der Waals surface area contributed by atoms with Crippen LogP contribution in [0.2, 0.25) is 0 Å². The normalized spacial score (nSPS) is 21.3. The zero-order chi connectivity index (χ0) is 10.7. The van der Waals surface area contributed by atoms with Gasteiger partial charge in [-0.3, -0.25) is 10.1 Å². The van der Waals surface area contributed by atoms with Gasteiger partial charge in [0.25, 0.3) is 0 Å². The molecule has 0 radical (unpaired) electrons. The lowest BCUT2D eigenvalue weighted by Gasteiger charge is -2.21. The molecule has 0 aromatic carbocycles. The lowest BCUT2D eigenvalue weighted by atomic mass is 10.2. The van der Waals surface area contributed by atoms with Gasteiger partial charge in [-0.2, -0.15) is 4.98 Å². The Morgan fingerprint density at radius 1 is 1.73 bits per heavy atom. The van der Waals surface area contributed by atoms with Crippen LogP contribution in [0, 0.1) is 6.92 Å². The van der Waals surface area contributed by atoms with Crippen molar-refractivity contribution in [2.75, 3.05) is 25.1 Å². The second-order valence-electron chi connectivity index (χ2n) is 3.36. The molecule has 15 heavy (non-hydrogen) atoms. The Kier molecular flexibility index (Phi) is 2.98. The van der Waals surface area contributed by atoms with Gasteiger partial charge >= 0.3 is 6.01 Å². The van der Waals surface area contributed by atoms with Crippen molar-refractivity contribution in [2.24, 2.45) is 0 Å². The van der Waals surface area contributed by atoms with E-state index in [0.717, 1.165) is 5.69 Å². The smallest absolute Gasteiger partial charge is 0.301 e. The average molecular weight is 211 g/mol. The first-order chi connectivity index (χ1) is 7.25. The first-order valence-corrected chi connectivity index (χ1v) is 4.80. The lowest BCUT2D eigenvalue weighted by molar-refractivity contribution is -0.120. The van der Waals surface area contributed by atoms with Crippen LogP contribution in [-0.4, -0.2) is 36.7 Å². The topological polar surface area (TPSA) is 76.4 Å². The highest BCUT2D eigenvalue weighted by molar-refractivity contribution is 5.93. The van der Waals surface area contributed by atoms with Crippen molar-refractivity contribution in [3.8, 4) is 0 Å². The van der Waals surface area contributed by atoms with Crippen molar-refractivity contribution in [3.05, 3.63) is 12.0 Å². The molecule has 1 atom stereocenters. The van der Waals surface area contributed by atoms with E-state index in [1.54, 1.807) is 6.92 Å². The third-order valence-corrected chi connectivity index (χ3v) is 2.09. The fourth-order valence-corrected chi connectivity index (χ4v) is 1.34. The van der Waals surface area contributed by atoms with Gasteiger partial charge in [-0.15, -0.1) is 0 Å². The largest absolute Gasteiger partial charge is 0.432 e. The zero-order valence-corrected chi connectivity index (χ0v) is 8.45. The summed E-state index contributed by atoms with van der Waals surface area (Å²) in [6, 6.07) is -0.101. The van der Waals surface area contributed by atoms with E-state index in [9.17, 15) is 4.79 Å². The molecule has 6 nitrogen and oxygen atoms in total. The number of ether oxygens (including phenoxy) is 1. The monoisotopic (exact) mass is 211 g/mol. The van der Waals surface area contributed by atoms with Gasteiger partial charge in [0, 0.05) is 6.54 Å². The summed E-state index contributed by atoms with van der Waals surface area (Å²) in [4.78, 5) is 15.6. The summed E-state index contributed by atoms with van der Waals surface area (Å²) < 4.78 is 10.2. The van der Waals surface area contributed by atoms with Gasteiger partial charge < -0.3 is 14.5 Å². The predicted molar refractivity (Wildman–Crippen MR) is 52.5 cm³/mol. The first-order valence-electron chi connectivity index (χ1n) is 4.80. The van der Waals surface area contributed by atoms with Crippen molar-refractivity contribution < 1.29 is 13.9 Å². The maximum atomic E-state index is 11.6. The Morgan fingerprint density at radius 3 is 3.20 bits per heavy atom. The van der Waals surface area contributed by atoms with Crippen LogP contribution in [0.5, 0.6) is 0 Å². The summed E-state index contributed by atoms with van der Waals surface area (Å²) in [5.41, 5.74) is 0.734. The molecule has 0 aliphatic carbocycles. The van der Waals surface area contributed by atoms with Gasteiger partial charge in [0.1, 0.15) is 12.3 Å². The minimum Gasteiger partial charge on any atom is -0.432 e. The van der Waals surface area contributed by atoms with Crippen LogP contribution in [0.1, 0.15) is 5.69 Å². The summed E-state index contributed by atoms with van der Waals surface area (Å²) in [6.07, 6.45) is 1.49. The number of nitrogens with zero attached hydrogens (tertiary/aromatic N) is 1. The van der Waals surface area contributed by atoms with E-state index in [2.05, 4.69) is 15.6 Å². The molecule has 1 aliphatic heterocycles. The molecular weight excluding hydrogens is 198 g/mol. The van der Waals surface area contributed by atoms with Gasteiger partial charge in [0.2, 0.25) is 5.91 Å². The molecule has 2 rings (SSSR count). The number of anilines is 1. The third-order valence-electron chi connectivity index (χ3n) is 2.09. The maximum absolute atomic E-state index is 11.6. The molecule has 1 unspecified atom stereocenters. The molecule has 1 saturated heterocycles. The molecule has 6 heteroatoms. The highest BCUT2D eigenvalue weighted by Gasteiger charge is 2.22. The van der Waals surface area contributed by atoms with E-state index < -0.39 is 0 Å². The van der Waals surface area contributed by atoms with Crippen molar-refractivity contribution in [1.82, 2.24) is 10.3 Å². The Morgan fingerprint density at radius 2 is 2.60 bits per heavy atom. The summed E-state index contributed by atoms with van der Waals surface area (Å²) in [6.45, 7) is 3.50. The highest BCUT2D eigenvalue weighted by Crippen LogP contribution is 2.06. The number of nitrogens with one attached hydrogen (secondary N) is 2. The molecule has 0 bridgehead atoms. The van der Waals surface area contributed by atoms with Crippen LogP contribution in [-0.2, 0) is 9.53 Å². The van der Waals surface area contributed by atoms with Crippen LogP contribution < -0.4 is 10.6 Å². The van der Waals surface area contributed by atoms with E-state index in [0.29, 0.717) is 19.8 Å². The minimum atomic E-state index is -0.328. The fourth-order valence-electron chi connectivity index (χ4n) is 1.34. The standard InChI is InChI=1S/C9H13N3O3/c1-6-4-15-9(11-6)12-8(13)7-5-14-3-2-10-7/h4,7,10H,2-3,5H2,1H3,(H,11,12,13). The molecule has 2 heterocycles. The minimum absolute atomic E-state index is 0.184. The second kappa shape index (κ2) is 4.41. The number of amides is 1. The number of oxazole rings is 1. The molecule has 1 aromatic heterocycles. The van der Waals surface area contributed by atoms with Gasteiger partial charge in [0.15, 0.2) is 0 Å². The van der Waals surface area contributed by atoms with Gasteiger partial charge in [-0.05, 0) is 6.92 Å². The Bertz CT molecular complexity index is 344. The molecule has 1 fully saturated rings. The number of aromatic nitrogens is 1. The van der Waals surface area contributed by atoms with E-state index >= 15 is 0 Å². The van der Waals surface area contributed by atoms with Crippen LogP contribution in [0.15, 0.2) is 10.7 Å². The van der Waals surface area contributed by atoms with E-state index in [-0.39, 0.29) is 18.0 Å². The van der Waals surface area contributed by atoms with Crippen LogP contribution >= 0.6 is 0 Å². The third kappa shape index (κ3) is 2.54. The Balaban J connectivity index is 1.91. The first kappa shape index (κ1) is 10.1. The molecular formula is C9H13N3O3. The molecule has 0 saturated carbocycles. The predicted octanol–water partition coefficient (Wildman–Crippen LogP) is -0.0901. The van der Waals surface area contributed by atoms with Crippen LogP contribution in [0.25, 0.3) is 0 Å². The summed E-state index contributed by atoms with van der Waals surface area (Å²) in [5.74, 6) is -0.184. The average Bonchev–Trinajstić information content (AvgIpc) is 2.65.